The van der Waals surface area contributed by atoms with Crippen LogP contribution in [0.5, 0.6) is 0 Å². The van der Waals surface area contributed by atoms with Gasteiger partial charge in [0.05, 0.1) is 12.1 Å². The van der Waals surface area contributed by atoms with Crippen LogP contribution in [0.1, 0.15) is 116 Å². The van der Waals surface area contributed by atoms with Gasteiger partial charge in [0, 0.05) is 0 Å². The molecule has 1 atom stereocenters. The topological polar surface area (TPSA) is 60.4 Å². The third-order valence-corrected chi connectivity index (χ3v) is 5.33. The van der Waals surface area contributed by atoms with E-state index in [0.717, 1.165) is 38.5 Å². The highest BCUT2D eigenvalue weighted by atomic mass is 16.4. The molecule has 0 heterocycles. The van der Waals surface area contributed by atoms with E-state index in [0.29, 0.717) is 6.42 Å². The molecule has 178 valence electrons. The van der Waals surface area contributed by atoms with Gasteiger partial charge in [-0.15, -0.1) is 0 Å². The van der Waals surface area contributed by atoms with Crippen LogP contribution in [-0.4, -0.2) is 17.2 Å². The molecule has 31 heavy (non-hydrogen) atoms. The summed E-state index contributed by atoms with van der Waals surface area (Å²) in [5.41, 5.74) is 0. The predicted octanol–water partition coefficient (Wildman–Crippen LogP) is 6.97. The molecule has 0 bridgehead atoms. The molecule has 1 unspecified atom stereocenters. The molecule has 0 aromatic rings. The van der Waals surface area contributed by atoms with Crippen molar-refractivity contribution in [1.29, 1.82) is 0 Å². The van der Waals surface area contributed by atoms with Gasteiger partial charge in [0.25, 0.3) is 0 Å². The monoisotopic (exact) mass is 431 g/mol. The van der Waals surface area contributed by atoms with Crippen LogP contribution < -0.4 is 5.11 Å². The second kappa shape index (κ2) is 24.7. The molecule has 0 fully saturated rings. The van der Waals surface area contributed by atoms with Crippen molar-refractivity contribution in [2.75, 3.05) is 0 Å². The first-order valence-corrected chi connectivity index (χ1v) is 12.7. The van der Waals surface area contributed by atoms with Gasteiger partial charge in [0.2, 0.25) is 0 Å². The number of aliphatic hydroxyl groups is 1. The van der Waals surface area contributed by atoms with Crippen LogP contribution in [0.3, 0.4) is 0 Å². The van der Waals surface area contributed by atoms with E-state index in [4.69, 9.17) is 5.11 Å². The smallest absolute Gasteiger partial charge is 0.0933 e. The molecule has 0 aliphatic carbocycles. The Kier molecular flexibility index (Phi) is 23.4. The average Bonchev–Trinajstić information content (AvgIpc) is 2.76. The first kappa shape index (κ1) is 29.4. The number of carboxylic acid groups (broad SMARTS) is 1. The lowest BCUT2D eigenvalue weighted by Crippen LogP contribution is -2.35. The largest absolute Gasteiger partial charge is 0.547 e. The molecule has 0 aromatic heterocycles. The van der Waals surface area contributed by atoms with Crippen molar-refractivity contribution in [2.45, 2.75) is 122 Å². The van der Waals surface area contributed by atoms with Crippen LogP contribution in [0.25, 0.3) is 0 Å². The van der Waals surface area contributed by atoms with Crippen LogP contribution in [-0.2, 0) is 4.79 Å². The predicted molar refractivity (Wildman–Crippen MR) is 132 cm³/mol. The van der Waals surface area contributed by atoms with E-state index >= 15 is 0 Å². The summed E-state index contributed by atoms with van der Waals surface area (Å²) in [5.74, 6) is -1.35. The van der Waals surface area contributed by atoms with Gasteiger partial charge in [-0.2, -0.15) is 0 Å². The van der Waals surface area contributed by atoms with Crippen LogP contribution in [0.2, 0.25) is 0 Å². The quantitative estimate of drug-likeness (QED) is 0.149. The summed E-state index contributed by atoms with van der Waals surface area (Å²) in [6.07, 6.45) is 35.7. The molecule has 0 aromatic carbocycles. The molecule has 3 heteroatoms. The Morgan fingerprint density at radius 3 is 1.48 bits per heavy atom. The van der Waals surface area contributed by atoms with Crippen LogP contribution in [0.15, 0.2) is 48.6 Å². The highest BCUT2D eigenvalue weighted by Gasteiger charge is 2.03. The van der Waals surface area contributed by atoms with Gasteiger partial charge >= 0.3 is 0 Å². The van der Waals surface area contributed by atoms with Gasteiger partial charge in [-0.3, -0.25) is 0 Å². The van der Waals surface area contributed by atoms with Gasteiger partial charge in [-0.1, -0.05) is 113 Å². The number of rotatable bonds is 22. The van der Waals surface area contributed by atoms with Gasteiger partial charge in [-0.25, -0.2) is 0 Å². The average molecular weight is 432 g/mol. The Balaban J connectivity index is 3.33. The number of carboxylic acids is 1. The summed E-state index contributed by atoms with van der Waals surface area (Å²) in [4.78, 5) is 10.4. The minimum absolute atomic E-state index is 0.317. The molecule has 3 nitrogen and oxygen atoms in total. The SMILES string of the molecule is CCCCC/C=C\C/C=C\C/C=C\C/C=C\CCCCCCCCCCC(O)C(=O)[O-]. The first-order valence-electron chi connectivity index (χ1n) is 12.7. The zero-order valence-corrected chi connectivity index (χ0v) is 20.0. The van der Waals surface area contributed by atoms with Crippen molar-refractivity contribution in [3.63, 3.8) is 0 Å². The minimum Gasteiger partial charge on any atom is -0.547 e. The van der Waals surface area contributed by atoms with E-state index in [1.165, 1.54) is 64.2 Å². The Hall–Kier alpha value is -1.61. The molecule has 1 N–H and O–H groups in total. The number of hydrogen-bond acceptors (Lipinski definition) is 3. The van der Waals surface area contributed by atoms with Crippen molar-refractivity contribution in [2.24, 2.45) is 0 Å². The molecule has 0 spiro atoms. The number of allylic oxidation sites excluding steroid dienone is 8. The summed E-state index contributed by atoms with van der Waals surface area (Å²) in [7, 11) is 0. The fraction of sp³-hybridized carbons (Fsp3) is 0.679. The summed E-state index contributed by atoms with van der Waals surface area (Å²) in [6.45, 7) is 2.24. The van der Waals surface area contributed by atoms with E-state index in [2.05, 4.69) is 55.5 Å². The van der Waals surface area contributed by atoms with E-state index < -0.39 is 12.1 Å². The van der Waals surface area contributed by atoms with Crippen molar-refractivity contribution >= 4 is 5.97 Å². The summed E-state index contributed by atoms with van der Waals surface area (Å²) in [6, 6.07) is 0. The zero-order chi connectivity index (χ0) is 22.8. The Bertz CT molecular complexity index is 502. The zero-order valence-electron chi connectivity index (χ0n) is 20.0. The molecule has 0 aliphatic rings. The molecular formula is C28H47O3-. The number of carbonyl (C=O) groups excluding carboxylic acids is 1. The third kappa shape index (κ3) is 24.5. The van der Waals surface area contributed by atoms with Crippen molar-refractivity contribution in [3.8, 4) is 0 Å². The fourth-order valence-electron chi connectivity index (χ4n) is 3.34. The standard InChI is InChI=1S/C28H48O3/c1-2-3-4-5-6-7-8-9-10-11-12-13-14-15-16-17-18-19-20-21-22-23-24-25-26-27(29)28(30)31/h6-7,9-10,12-13,15-16,27,29H,2-5,8,11,14,17-26H2,1H3,(H,30,31)/p-1/b7-6-,10-9-,13-12-,16-15-. The number of unbranched alkanes of at least 4 members (excludes halogenated alkanes) is 11. The molecule has 0 saturated heterocycles. The molecule has 0 aliphatic heterocycles. The van der Waals surface area contributed by atoms with Crippen molar-refractivity contribution < 1.29 is 15.0 Å². The van der Waals surface area contributed by atoms with Crippen LogP contribution in [0, 0.1) is 0 Å². The van der Waals surface area contributed by atoms with E-state index in [1.807, 2.05) is 0 Å². The van der Waals surface area contributed by atoms with Crippen molar-refractivity contribution in [1.82, 2.24) is 0 Å². The number of carbonyl (C=O) groups is 1. The molecular weight excluding hydrogens is 384 g/mol. The number of hydrogen-bond donors (Lipinski definition) is 1. The second-order valence-electron chi connectivity index (χ2n) is 8.33. The maximum Gasteiger partial charge on any atom is 0.0933 e. The van der Waals surface area contributed by atoms with Crippen LogP contribution >= 0.6 is 0 Å². The maximum atomic E-state index is 10.4. The highest BCUT2D eigenvalue weighted by Crippen LogP contribution is 2.11. The Morgan fingerprint density at radius 2 is 1.03 bits per heavy atom. The van der Waals surface area contributed by atoms with Gasteiger partial charge < -0.3 is 15.0 Å². The summed E-state index contributed by atoms with van der Waals surface area (Å²) in [5, 5.41) is 19.5. The second-order valence-corrected chi connectivity index (χ2v) is 8.33. The number of aliphatic hydroxyl groups excluding tert-OH is 1. The molecule has 0 radical (unpaired) electrons. The van der Waals surface area contributed by atoms with E-state index in [9.17, 15) is 9.90 Å². The third-order valence-electron chi connectivity index (χ3n) is 5.33. The summed E-state index contributed by atoms with van der Waals surface area (Å²) >= 11 is 0. The number of aliphatic carboxylic acids is 1. The first-order chi connectivity index (χ1) is 15.2. The Morgan fingerprint density at radius 1 is 0.645 bits per heavy atom. The molecule has 0 amide bonds. The Labute approximate surface area is 192 Å². The van der Waals surface area contributed by atoms with Gasteiger partial charge in [0.1, 0.15) is 0 Å². The normalized spacial score (nSPS) is 13.4. The lowest BCUT2D eigenvalue weighted by molar-refractivity contribution is -0.315. The van der Waals surface area contributed by atoms with Crippen LogP contribution in [0.4, 0.5) is 0 Å². The van der Waals surface area contributed by atoms with Gasteiger partial charge in [-0.05, 0) is 51.4 Å². The van der Waals surface area contributed by atoms with E-state index in [1.54, 1.807) is 0 Å². The lowest BCUT2D eigenvalue weighted by atomic mass is 10.0. The highest BCUT2D eigenvalue weighted by molar-refractivity contribution is 5.69. The maximum absolute atomic E-state index is 10.4. The molecule has 0 rings (SSSR count). The fourth-order valence-corrected chi connectivity index (χ4v) is 3.34. The van der Waals surface area contributed by atoms with Gasteiger partial charge in [0.15, 0.2) is 0 Å². The van der Waals surface area contributed by atoms with Crippen molar-refractivity contribution in [3.05, 3.63) is 48.6 Å². The minimum atomic E-state index is -1.35. The van der Waals surface area contributed by atoms with E-state index in [-0.39, 0.29) is 0 Å². The summed E-state index contributed by atoms with van der Waals surface area (Å²) < 4.78 is 0. The molecule has 0 saturated carbocycles. The lowest BCUT2D eigenvalue weighted by Gasteiger charge is -2.10.